The summed E-state index contributed by atoms with van der Waals surface area (Å²) in [7, 11) is 0. The average molecular weight is 306 g/mol. The molecule has 1 N–H and O–H groups in total. The number of hydrogen-bond acceptors (Lipinski definition) is 3. The SMILES string of the molecule is N#Cc1c(Br)cccc1NC1CCN(C2CC2)C1. The third kappa shape index (κ3) is 2.38. The average Bonchev–Trinajstić information content (AvgIpc) is 3.11. The first-order valence-electron chi connectivity index (χ1n) is 6.47. The molecule has 1 heterocycles. The van der Waals surface area contributed by atoms with E-state index < -0.39 is 0 Å². The summed E-state index contributed by atoms with van der Waals surface area (Å²) in [6.45, 7) is 2.31. The molecule has 0 radical (unpaired) electrons. The van der Waals surface area contributed by atoms with Crippen LogP contribution in [0.15, 0.2) is 22.7 Å². The molecule has 3 rings (SSSR count). The number of nitrogens with one attached hydrogen (secondary N) is 1. The molecule has 18 heavy (non-hydrogen) atoms. The van der Waals surface area contributed by atoms with E-state index in [1.165, 1.54) is 25.8 Å². The molecule has 1 saturated carbocycles. The quantitative estimate of drug-likeness (QED) is 0.933. The number of likely N-dealkylation sites (tertiary alicyclic amines) is 1. The van der Waals surface area contributed by atoms with Crippen molar-refractivity contribution in [2.24, 2.45) is 0 Å². The fourth-order valence-corrected chi connectivity index (χ4v) is 3.11. The second-order valence-electron chi connectivity index (χ2n) is 5.13. The fourth-order valence-electron chi connectivity index (χ4n) is 2.65. The maximum absolute atomic E-state index is 9.19. The Labute approximate surface area is 116 Å². The highest BCUT2D eigenvalue weighted by molar-refractivity contribution is 9.10. The smallest absolute Gasteiger partial charge is 0.103 e. The molecule has 2 aliphatic rings. The van der Waals surface area contributed by atoms with Gasteiger partial charge in [-0.3, -0.25) is 4.90 Å². The van der Waals surface area contributed by atoms with Gasteiger partial charge in [0, 0.05) is 29.6 Å². The zero-order chi connectivity index (χ0) is 12.5. The van der Waals surface area contributed by atoms with Gasteiger partial charge in [-0.15, -0.1) is 0 Å². The maximum atomic E-state index is 9.19. The topological polar surface area (TPSA) is 39.1 Å². The largest absolute Gasteiger partial charge is 0.380 e. The van der Waals surface area contributed by atoms with Crippen LogP contribution in [0.25, 0.3) is 0 Å². The molecule has 4 heteroatoms. The number of rotatable bonds is 3. The molecule has 0 amide bonds. The van der Waals surface area contributed by atoms with Crippen molar-refractivity contribution in [3.05, 3.63) is 28.2 Å². The summed E-state index contributed by atoms with van der Waals surface area (Å²) in [6, 6.07) is 9.46. The highest BCUT2D eigenvalue weighted by Crippen LogP contribution is 2.31. The van der Waals surface area contributed by atoms with Crippen LogP contribution in [0.1, 0.15) is 24.8 Å². The van der Waals surface area contributed by atoms with E-state index in [0.717, 1.165) is 22.7 Å². The van der Waals surface area contributed by atoms with Gasteiger partial charge < -0.3 is 5.32 Å². The van der Waals surface area contributed by atoms with Crippen molar-refractivity contribution in [3.8, 4) is 6.07 Å². The molecule has 0 bridgehead atoms. The lowest BCUT2D eigenvalue weighted by Crippen LogP contribution is -2.27. The minimum atomic E-state index is 0.479. The zero-order valence-electron chi connectivity index (χ0n) is 10.2. The Bertz CT molecular complexity index is 490. The predicted molar refractivity (Wildman–Crippen MR) is 75.5 cm³/mol. The minimum Gasteiger partial charge on any atom is -0.380 e. The van der Waals surface area contributed by atoms with E-state index in [-0.39, 0.29) is 0 Å². The van der Waals surface area contributed by atoms with Crippen LogP contribution in [0.3, 0.4) is 0 Å². The summed E-state index contributed by atoms with van der Waals surface area (Å²) >= 11 is 3.43. The van der Waals surface area contributed by atoms with Crippen LogP contribution >= 0.6 is 15.9 Å². The molecule has 1 unspecified atom stereocenters. The Balaban J connectivity index is 1.70. The van der Waals surface area contributed by atoms with Gasteiger partial charge in [-0.05, 0) is 47.3 Å². The van der Waals surface area contributed by atoms with Crippen molar-refractivity contribution < 1.29 is 0 Å². The monoisotopic (exact) mass is 305 g/mol. The Morgan fingerprint density at radius 1 is 1.33 bits per heavy atom. The number of benzene rings is 1. The van der Waals surface area contributed by atoms with Crippen LogP contribution in [0.2, 0.25) is 0 Å². The van der Waals surface area contributed by atoms with E-state index in [0.29, 0.717) is 11.6 Å². The summed E-state index contributed by atoms with van der Waals surface area (Å²) in [5, 5.41) is 12.7. The summed E-state index contributed by atoms with van der Waals surface area (Å²) in [5.41, 5.74) is 1.66. The Morgan fingerprint density at radius 3 is 2.89 bits per heavy atom. The lowest BCUT2D eigenvalue weighted by molar-refractivity contribution is 0.326. The van der Waals surface area contributed by atoms with Crippen molar-refractivity contribution >= 4 is 21.6 Å². The molecule has 3 nitrogen and oxygen atoms in total. The van der Waals surface area contributed by atoms with E-state index in [1.54, 1.807) is 0 Å². The number of nitrogens with zero attached hydrogens (tertiary/aromatic N) is 2. The summed E-state index contributed by atoms with van der Waals surface area (Å²) < 4.78 is 0.868. The first kappa shape index (κ1) is 12.0. The van der Waals surface area contributed by atoms with Crippen LogP contribution < -0.4 is 5.32 Å². The maximum Gasteiger partial charge on any atom is 0.103 e. The third-order valence-corrected chi connectivity index (χ3v) is 4.43. The van der Waals surface area contributed by atoms with Crippen molar-refractivity contribution in [3.63, 3.8) is 0 Å². The van der Waals surface area contributed by atoms with Gasteiger partial charge >= 0.3 is 0 Å². The molecule has 1 atom stereocenters. The normalized spacial score (nSPS) is 23.9. The van der Waals surface area contributed by atoms with Gasteiger partial charge in [0.15, 0.2) is 0 Å². The summed E-state index contributed by atoms with van der Waals surface area (Å²) in [6.07, 6.45) is 3.91. The van der Waals surface area contributed by atoms with Gasteiger partial charge in [-0.25, -0.2) is 0 Å². The standard InChI is InChI=1S/C14H16BrN3/c15-13-2-1-3-14(12(13)8-16)17-10-6-7-18(9-10)11-4-5-11/h1-3,10-11,17H,4-7,9H2. The third-order valence-electron chi connectivity index (χ3n) is 3.77. The van der Waals surface area contributed by atoms with Crippen LogP contribution in [0.5, 0.6) is 0 Å². The molecule has 1 aromatic rings. The Morgan fingerprint density at radius 2 is 2.17 bits per heavy atom. The van der Waals surface area contributed by atoms with E-state index >= 15 is 0 Å². The number of halogens is 1. The number of anilines is 1. The minimum absolute atomic E-state index is 0.479. The van der Waals surface area contributed by atoms with Crippen LogP contribution in [-0.4, -0.2) is 30.1 Å². The molecule has 0 spiro atoms. The van der Waals surface area contributed by atoms with Crippen molar-refractivity contribution in [2.75, 3.05) is 18.4 Å². The van der Waals surface area contributed by atoms with Crippen molar-refractivity contribution in [2.45, 2.75) is 31.3 Å². The van der Waals surface area contributed by atoms with Crippen LogP contribution in [0, 0.1) is 11.3 Å². The molecular weight excluding hydrogens is 290 g/mol. The molecule has 1 aromatic carbocycles. The van der Waals surface area contributed by atoms with Crippen LogP contribution in [0.4, 0.5) is 5.69 Å². The van der Waals surface area contributed by atoms with E-state index in [2.05, 4.69) is 32.2 Å². The van der Waals surface area contributed by atoms with Crippen LogP contribution in [-0.2, 0) is 0 Å². The van der Waals surface area contributed by atoms with E-state index in [1.807, 2.05) is 18.2 Å². The first-order chi connectivity index (χ1) is 8.78. The number of nitriles is 1. The van der Waals surface area contributed by atoms with Gasteiger partial charge in [-0.1, -0.05) is 6.07 Å². The Hall–Kier alpha value is -1.05. The van der Waals surface area contributed by atoms with Gasteiger partial charge in [0.05, 0.1) is 11.3 Å². The highest BCUT2D eigenvalue weighted by Gasteiger charge is 2.34. The zero-order valence-corrected chi connectivity index (χ0v) is 11.8. The number of hydrogen-bond donors (Lipinski definition) is 1. The first-order valence-corrected chi connectivity index (χ1v) is 7.26. The molecule has 1 aliphatic carbocycles. The predicted octanol–water partition coefficient (Wildman–Crippen LogP) is 2.97. The second kappa shape index (κ2) is 4.91. The highest BCUT2D eigenvalue weighted by atomic mass is 79.9. The van der Waals surface area contributed by atoms with Gasteiger partial charge in [-0.2, -0.15) is 5.26 Å². The molecule has 0 aromatic heterocycles. The summed E-state index contributed by atoms with van der Waals surface area (Å²) in [4.78, 5) is 2.57. The lowest BCUT2D eigenvalue weighted by Gasteiger charge is -2.17. The second-order valence-corrected chi connectivity index (χ2v) is 5.98. The van der Waals surface area contributed by atoms with Gasteiger partial charge in [0.1, 0.15) is 6.07 Å². The molecule has 1 saturated heterocycles. The van der Waals surface area contributed by atoms with Crippen molar-refractivity contribution in [1.29, 1.82) is 5.26 Å². The van der Waals surface area contributed by atoms with E-state index in [9.17, 15) is 5.26 Å². The van der Waals surface area contributed by atoms with E-state index in [4.69, 9.17) is 0 Å². The molecule has 2 fully saturated rings. The Kier molecular flexibility index (Phi) is 3.27. The van der Waals surface area contributed by atoms with Crippen molar-refractivity contribution in [1.82, 2.24) is 4.90 Å². The molecule has 94 valence electrons. The summed E-state index contributed by atoms with van der Waals surface area (Å²) in [5.74, 6) is 0. The molecular formula is C14H16BrN3. The lowest BCUT2D eigenvalue weighted by atomic mass is 10.1. The van der Waals surface area contributed by atoms with Gasteiger partial charge in [0.2, 0.25) is 0 Å². The van der Waals surface area contributed by atoms with Gasteiger partial charge in [0.25, 0.3) is 0 Å². The molecule has 1 aliphatic heterocycles. The fraction of sp³-hybridized carbons (Fsp3) is 0.500.